The summed E-state index contributed by atoms with van der Waals surface area (Å²) < 4.78 is 0. The highest BCUT2D eigenvalue weighted by atomic mass is 16.4. The van der Waals surface area contributed by atoms with Crippen LogP contribution in [0.15, 0.2) is 54.6 Å². The average molecular weight is 292 g/mol. The maximum Gasteiger partial charge on any atom is 0.303 e. The Morgan fingerprint density at radius 1 is 0.773 bits per heavy atom. The van der Waals surface area contributed by atoms with Gasteiger partial charge in [-0.1, -0.05) is 36.4 Å². The lowest BCUT2D eigenvalue weighted by molar-refractivity contribution is -0.137. The Balaban J connectivity index is 1.90. The molecule has 0 radical (unpaired) electrons. The summed E-state index contributed by atoms with van der Waals surface area (Å²) in [7, 11) is 0. The van der Waals surface area contributed by atoms with Crippen molar-refractivity contribution in [3.05, 3.63) is 60.2 Å². The number of Topliss-reactive ketones (excluding diaryl/α,β-unsaturated/α-hetero) is 1. The topological polar surface area (TPSA) is 54.4 Å². The molecule has 0 heterocycles. The van der Waals surface area contributed by atoms with Crippen molar-refractivity contribution in [2.75, 3.05) is 0 Å². The smallest absolute Gasteiger partial charge is 0.303 e. The summed E-state index contributed by atoms with van der Waals surface area (Å²) in [6.45, 7) is 0. The average Bonchev–Trinajstić information content (AvgIpc) is 2.51. The van der Waals surface area contributed by atoms with Crippen LogP contribution in [0.4, 0.5) is 0 Å². The van der Waals surface area contributed by atoms with Gasteiger partial charge < -0.3 is 5.11 Å². The zero-order valence-electron chi connectivity index (χ0n) is 12.1. The van der Waals surface area contributed by atoms with Gasteiger partial charge >= 0.3 is 5.97 Å². The Bertz CT molecular complexity index is 865. The molecule has 3 rings (SSSR count). The van der Waals surface area contributed by atoms with Gasteiger partial charge in [0.25, 0.3) is 0 Å². The van der Waals surface area contributed by atoms with E-state index in [1.165, 1.54) is 5.39 Å². The number of carbonyl (C=O) groups is 2. The van der Waals surface area contributed by atoms with E-state index in [1.54, 1.807) is 0 Å². The molecule has 3 nitrogen and oxygen atoms in total. The van der Waals surface area contributed by atoms with Crippen LogP contribution < -0.4 is 0 Å². The van der Waals surface area contributed by atoms with E-state index in [2.05, 4.69) is 24.3 Å². The zero-order valence-corrected chi connectivity index (χ0v) is 12.1. The number of rotatable bonds is 5. The monoisotopic (exact) mass is 292 g/mol. The summed E-state index contributed by atoms with van der Waals surface area (Å²) in [5.41, 5.74) is 0.646. The first kappa shape index (κ1) is 14.3. The van der Waals surface area contributed by atoms with Crippen molar-refractivity contribution < 1.29 is 14.7 Å². The highest BCUT2D eigenvalue weighted by molar-refractivity contribution is 6.03. The number of carboxylic acid groups (broad SMARTS) is 1. The van der Waals surface area contributed by atoms with Crippen molar-refractivity contribution in [3.8, 4) is 0 Å². The van der Waals surface area contributed by atoms with Crippen molar-refractivity contribution in [2.24, 2.45) is 0 Å². The SMILES string of the molecule is O=C(O)CCCC(=O)c1ccc2cc3ccccc3cc2c1. The van der Waals surface area contributed by atoms with E-state index in [0.29, 0.717) is 12.0 Å². The van der Waals surface area contributed by atoms with Crippen LogP contribution in [0.2, 0.25) is 0 Å². The molecule has 1 N–H and O–H groups in total. The lowest BCUT2D eigenvalue weighted by atomic mass is 9.99. The fourth-order valence-electron chi connectivity index (χ4n) is 2.66. The second-order valence-electron chi connectivity index (χ2n) is 5.43. The van der Waals surface area contributed by atoms with Crippen LogP contribution in [0, 0.1) is 0 Å². The first-order valence-corrected chi connectivity index (χ1v) is 7.31. The third-order valence-electron chi connectivity index (χ3n) is 3.82. The van der Waals surface area contributed by atoms with E-state index in [1.807, 2.05) is 30.3 Å². The molecule has 3 aromatic carbocycles. The normalized spacial score (nSPS) is 10.9. The molecule has 0 fully saturated rings. The second kappa shape index (κ2) is 5.98. The summed E-state index contributed by atoms with van der Waals surface area (Å²) in [5.74, 6) is -0.867. The number of fused-ring (bicyclic) bond motifs is 2. The van der Waals surface area contributed by atoms with Gasteiger partial charge in [-0.25, -0.2) is 0 Å². The van der Waals surface area contributed by atoms with Gasteiger partial charge in [0, 0.05) is 18.4 Å². The van der Waals surface area contributed by atoms with Crippen molar-refractivity contribution >= 4 is 33.3 Å². The summed E-state index contributed by atoms with van der Waals surface area (Å²) in [6.07, 6.45) is 0.680. The second-order valence-corrected chi connectivity index (χ2v) is 5.43. The number of carboxylic acids is 1. The number of benzene rings is 3. The minimum Gasteiger partial charge on any atom is -0.481 e. The molecular formula is C19H16O3. The fraction of sp³-hybridized carbons (Fsp3) is 0.158. The summed E-state index contributed by atoms with van der Waals surface area (Å²) in [4.78, 5) is 22.6. The third-order valence-corrected chi connectivity index (χ3v) is 3.82. The minimum atomic E-state index is -0.863. The molecule has 0 bridgehead atoms. The van der Waals surface area contributed by atoms with Crippen molar-refractivity contribution in [3.63, 3.8) is 0 Å². The maximum atomic E-state index is 12.1. The Morgan fingerprint density at radius 3 is 2.09 bits per heavy atom. The van der Waals surface area contributed by atoms with Crippen LogP contribution in [-0.4, -0.2) is 16.9 Å². The zero-order chi connectivity index (χ0) is 15.5. The van der Waals surface area contributed by atoms with Gasteiger partial charge in [0.15, 0.2) is 5.78 Å². The molecule has 0 saturated heterocycles. The van der Waals surface area contributed by atoms with Crippen molar-refractivity contribution in [1.29, 1.82) is 0 Å². The molecule has 0 spiro atoms. The summed E-state index contributed by atoms with van der Waals surface area (Å²) in [6, 6.07) is 18.0. The molecular weight excluding hydrogens is 276 g/mol. The maximum absolute atomic E-state index is 12.1. The van der Waals surface area contributed by atoms with E-state index < -0.39 is 5.97 Å². The van der Waals surface area contributed by atoms with E-state index in [-0.39, 0.29) is 18.6 Å². The molecule has 0 unspecified atom stereocenters. The molecule has 0 aliphatic heterocycles. The van der Waals surface area contributed by atoms with E-state index in [9.17, 15) is 9.59 Å². The van der Waals surface area contributed by atoms with Crippen LogP contribution in [-0.2, 0) is 4.79 Å². The number of ketones is 1. The summed E-state index contributed by atoms with van der Waals surface area (Å²) in [5, 5.41) is 13.1. The van der Waals surface area contributed by atoms with Gasteiger partial charge in [-0.05, 0) is 46.2 Å². The van der Waals surface area contributed by atoms with E-state index in [4.69, 9.17) is 5.11 Å². The third kappa shape index (κ3) is 2.98. The quantitative estimate of drug-likeness (QED) is 0.559. The van der Waals surface area contributed by atoms with Crippen LogP contribution in [0.5, 0.6) is 0 Å². The Kier molecular flexibility index (Phi) is 3.88. The van der Waals surface area contributed by atoms with Gasteiger partial charge in [0.2, 0.25) is 0 Å². The molecule has 22 heavy (non-hydrogen) atoms. The molecule has 0 aliphatic rings. The molecule has 3 aromatic rings. The minimum absolute atomic E-state index is 0.00342. The molecule has 3 heteroatoms. The largest absolute Gasteiger partial charge is 0.481 e. The first-order chi connectivity index (χ1) is 10.6. The van der Waals surface area contributed by atoms with Gasteiger partial charge in [-0.3, -0.25) is 9.59 Å². The molecule has 0 atom stereocenters. The van der Waals surface area contributed by atoms with E-state index >= 15 is 0 Å². The molecule has 0 aromatic heterocycles. The number of carbonyl (C=O) groups excluding carboxylic acids is 1. The summed E-state index contributed by atoms with van der Waals surface area (Å²) >= 11 is 0. The van der Waals surface area contributed by atoms with Crippen LogP contribution in [0.1, 0.15) is 29.6 Å². The van der Waals surface area contributed by atoms with Crippen molar-refractivity contribution in [1.82, 2.24) is 0 Å². The Labute approximate surface area is 128 Å². The Morgan fingerprint density at radius 2 is 1.41 bits per heavy atom. The Hall–Kier alpha value is -2.68. The van der Waals surface area contributed by atoms with Crippen LogP contribution in [0.25, 0.3) is 21.5 Å². The van der Waals surface area contributed by atoms with Crippen molar-refractivity contribution in [2.45, 2.75) is 19.3 Å². The molecule has 0 saturated carbocycles. The molecule has 0 aliphatic carbocycles. The van der Waals surface area contributed by atoms with Gasteiger partial charge in [0.1, 0.15) is 0 Å². The molecule has 110 valence electrons. The van der Waals surface area contributed by atoms with Gasteiger partial charge in [0.05, 0.1) is 0 Å². The number of hydrogen-bond acceptors (Lipinski definition) is 2. The molecule has 0 amide bonds. The number of aliphatic carboxylic acids is 1. The first-order valence-electron chi connectivity index (χ1n) is 7.31. The highest BCUT2D eigenvalue weighted by Gasteiger charge is 2.08. The van der Waals surface area contributed by atoms with Gasteiger partial charge in [-0.2, -0.15) is 0 Å². The number of hydrogen-bond donors (Lipinski definition) is 1. The standard InChI is InChI=1S/C19H16O3/c20-18(6-3-7-19(21)22)16-9-8-15-10-13-4-1-2-5-14(13)11-17(15)12-16/h1-2,4-5,8-12H,3,6-7H2,(H,21,22). The van der Waals surface area contributed by atoms with Gasteiger partial charge in [-0.15, -0.1) is 0 Å². The fourth-order valence-corrected chi connectivity index (χ4v) is 2.66. The van der Waals surface area contributed by atoms with Crippen LogP contribution in [0.3, 0.4) is 0 Å². The highest BCUT2D eigenvalue weighted by Crippen LogP contribution is 2.24. The lowest BCUT2D eigenvalue weighted by Crippen LogP contribution is -2.01. The lowest BCUT2D eigenvalue weighted by Gasteiger charge is -2.05. The van der Waals surface area contributed by atoms with Crippen LogP contribution >= 0.6 is 0 Å². The van der Waals surface area contributed by atoms with E-state index in [0.717, 1.165) is 16.2 Å². The predicted octanol–water partition coefficient (Wildman–Crippen LogP) is 4.43. The predicted molar refractivity (Wildman–Crippen MR) is 87.3 cm³/mol.